The Morgan fingerprint density at radius 1 is 1.00 bits per heavy atom. The van der Waals surface area contributed by atoms with Crippen LogP contribution in [0.1, 0.15) is 17.2 Å². The van der Waals surface area contributed by atoms with Crippen molar-refractivity contribution in [1.29, 1.82) is 0 Å². The van der Waals surface area contributed by atoms with Gasteiger partial charge in [0, 0.05) is 29.1 Å². The van der Waals surface area contributed by atoms with Crippen molar-refractivity contribution in [2.75, 3.05) is 0 Å². The van der Waals surface area contributed by atoms with E-state index in [0.717, 1.165) is 0 Å². The van der Waals surface area contributed by atoms with E-state index in [9.17, 15) is 9.50 Å². The third kappa shape index (κ3) is 3.35. The molecule has 6 heteroatoms. The van der Waals surface area contributed by atoms with E-state index in [2.05, 4.69) is 10.1 Å². The zero-order chi connectivity index (χ0) is 18.8. The van der Waals surface area contributed by atoms with Crippen molar-refractivity contribution in [3.8, 4) is 22.6 Å². The third-order valence-corrected chi connectivity index (χ3v) is 4.57. The molecular weight excluding hydrogens is 367 g/mol. The zero-order valence-electron chi connectivity index (χ0n) is 14.0. The average molecular weight is 381 g/mol. The highest BCUT2D eigenvalue weighted by molar-refractivity contribution is 6.33. The summed E-state index contributed by atoms with van der Waals surface area (Å²) in [7, 11) is 0. The van der Waals surface area contributed by atoms with Crippen molar-refractivity contribution in [3.05, 3.63) is 95.0 Å². The lowest BCUT2D eigenvalue weighted by Crippen LogP contribution is -2.03. The van der Waals surface area contributed by atoms with Crippen molar-refractivity contribution in [2.24, 2.45) is 0 Å². The van der Waals surface area contributed by atoms with Crippen LogP contribution in [0.2, 0.25) is 5.02 Å². The molecule has 4 rings (SSSR count). The van der Waals surface area contributed by atoms with Crippen LogP contribution in [0.15, 0.2) is 77.6 Å². The second kappa shape index (κ2) is 7.31. The number of aliphatic hydroxyl groups is 1. The molecule has 0 amide bonds. The normalized spacial score (nSPS) is 12.1. The van der Waals surface area contributed by atoms with Crippen molar-refractivity contribution < 1.29 is 14.0 Å². The van der Waals surface area contributed by atoms with Crippen LogP contribution in [0, 0.1) is 5.82 Å². The van der Waals surface area contributed by atoms with Gasteiger partial charge in [0.1, 0.15) is 17.6 Å². The Morgan fingerprint density at radius 2 is 1.78 bits per heavy atom. The van der Waals surface area contributed by atoms with Gasteiger partial charge in [-0.15, -0.1) is 0 Å². The maximum atomic E-state index is 13.3. The molecule has 0 bridgehead atoms. The van der Waals surface area contributed by atoms with Crippen LogP contribution >= 0.6 is 11.6 Å². The molecule has 4 aromatic rings. The number of rotatable bonds is 4. The first-order valence-corrected chi connectivity index (χ1v) is 8.61. The van der Waals surface area contributed by atoms with Crippen LogP contribution in [0.25, 0.3) is 22.6 Å². The minimum Gasteiger partial charge on any atom is -0.383 e. The molecule has 4 nitrogen and oxygen atoms in total. The Kier molecular flexibility index (Phi) is 4.71. The summed E-state index contributed by atoms with van der Waals surface area (Å²) in [4.78, 5) is 4.06. The van der Waals surface area contributed by atoms with Crippen LogP contribution in [-0.4, -0.2) is 15.2 Å². The summed E-state index contributed by atoms with van der Waals surface area (Å²) >= 11 is 6.33. The van der Waals surface area contributed by atoms with Crippen molar-refractivity contribution in [3.63, 3.8) is 0 Å². The molecule has 1 unspecified atom stereocenters. The number of hydrogen-bond donors (Lipinski definition) is 1. The Balaban J connectivity index is 1.93. The average Bonchev–Trinajstić information content (AvgIpc) is 3.14. The van der Waals surface area contributed by atoms with E-state index < -0.39 is 6.10 Å². The fourth-order valence-electron chi connectivity index (χ4n) is 2.91. The minimum atomic E-state index is -1.05. The van der Waals surface area contributed by atoms with Gasteiger partial charge in [0.25, 0.3) is 0 Å². The quantitative estimate of drug-likeness (QED) is 0.523. The van der Waals surface area contributed by atoms with Gasteiger partial charge in [0.2, 0.25) is 0 Å². The van der Waals surface area contributed by atoms with Gasteiger partial charge in [0.15, 0.2) is 5.76 Å². The second-order valence-corrected chi connectivity index (χ2v) is 6.36. The molecule has 2 heterocycles. The number of hydrogen-bond acceptors (Lipinski definition) is 4. The zero-order valence-corrected chi connectivity index (χ0v) is 14.8. The molecule has 0 aliphatic carbocycles. The summed E-state index contributed by atoms with van der Waals surface area (Å²) in [5, 5.41) is 15.7. The number of aromatic nitrogens is 2. The molecule has 134 valence electrons. The first-order chi connectivity index (χ1) is 13.1. The van der Waals surface area contributed by atoms with Gasteiger partial charge in [-0.05, 0) is 36.4 Å². The molecule has 1 N–H and O–H groups in total. The Bertz CT molecular complexity index is 1070. The van der Waals surface area contributed by atoms with E-state index in [4.69, 9.17) is 16.1 Å². The largest absolute Gasteiger partial charge is 0.383 e. The third-order valence-electron chi connectivity index (χ3n) is 4.24. The Labute approximate surface area is 159 Å². The summed E-state index contributed by atoms with van der Waals surface area (Å²) in [6.45, 7) is 0. The molecular formula is C21H14ClFN2O2. The van der Waals surface area contributed by atoms with Gasteiger partial charge < -0.3 is 9.63 Å². The number of aliphatic hydroxyl groups excluding tert-OH is 1. The first-order valence-electron chi connectivity index (χ1n) is 8.23. The lowest BCUT2D eigenvalue weighted by molar-refractivity contribution is 0.220. The fourth-order valence-corrected chi connectivity index (χ4v) is 3.14. The topological polar surface area (TPSA) is 59.2 Å². The molecule has 2 aromatic carbocycles. The first kappa shape index (κ1) is 17.4. The molecule has 0 aliphatic heterocycles. The van der Waals surface area contributed by atoms with Gasteiger partial charge >= 0.3 is 0 Å². The fraction of sp³-hybridized carbons (Fsp3) is 0.0476. The summed E-state index contributed by atoms with van der Waals surface area (Å²) in [6.07, 6.45) is 2.15. The van der Waals surface area contributed by atoms with Gasteiger partial charge in [-0.3, -0.25) is 4.98 Å². The molecule has 0 radical (unpaired) electrons. The predicted molar refractivity (Wildman–Crippen MR) is 101 cm³/mol. The highest BCUT2D eigenvalue weighted by Crippen LogP contribution is 2.40. The highest BCUT2D eigenvalue weighted by Gasteiger charge is 2.27. The smallest absolute Gasteiger partial charge is 0.173 e. The van der Waals surface area contributed by atoms with Crippen LogP contribution in [0.3, 0.4) is 0 Å². The van der Waals surface area contributed by atoms with E-state index in [1.807, 2.05) is 12.1 Å². The van der Waals surface area contributed by atoms with Crippen molar-refractivity contribution >= 4 is 11.6 Å². The van der Waals surface area contributed by atoms with Crippen molar-refractivity contribution in [2.45, 2.75) is 6.10 Å². The minimum absolute atomic E-state index is 0.348. The molecule has 2 aromatic heterocycles. The number of halogens is 2. The lowest BCUT2D eigenvalue weighted by Gasteiger charge is -2.13. The molecule has 0 fully saturated rings. The molecule has 1 atom stereocenters. The van der Waals surface area contributed by atoms with E-state index in [1.165, 1.54) is 12.1 Å². The number of nitrogens with zero attached hydrogens (tertiary/aromatic N) is 2. The monoisotopic (exact) mass is 380 g/mol. The SMILES string of the molecule is OC(c1cccnc1)c1c(-c2ccccc2Cl)noc1-c1ccc(F)cc1. The predicted octanol–water partition coefficient (Wildman–Crippen LogP) is 5.28. The molecule has 0 aliphatic rings. The number of benzene rings is 2. The van der Waals surface area contributed by atoms with Gasteiger partial charge in [0.05, 0.1) is 10.6 Å². The Morgan fingerprint density at radius 3 is 2.48 bits per heavy atom. The molecule has 27 heavy (non-hydrogen) atoms. The maximum absolute atomic E-state index is 13.3. The van der Waals surface area contributed by atoms with Gasteiger partial charge in [-0.2, -0.15) is 0 Å². The summed E-state index contributed by atoms with van der Waals surface area (Å²) in [5.74, 6) is -0.0137. The standard InChI is InChI=1S/C21H14ClFN2O2/c22-17-6-2-1-5-16(17)19-18(20(26)14-4-3-11-24-12-14)21(27-25-19)13-7-9-15(23)10-8-13/h1-12,20,26H. The van der Waals surface area contributed by atoms with Crippen LogP contribution < -0.4 is 0 Å². The van der Waals surface area contributed by atoms with E-state index in [1.54, 1.807) is 48.8 Å². The summed E-state index contributed by atoms with van der Waals surface area (Å²) < 4.78 is 18.9. The second-order valence-electron chi connectivity index (χ2n) is 5.95. The van der Waals surface area contributed by atoms with Crippen LogP contribution in [0.4, 0.5) is 4.39 Å². The van der Waals surface area contributed by atoms with E-state index >= 15 is 0 Å². The molecule has 0 spiro atoms. The van der Waals surface area contributed by atoms with Crippen LogP contribution in [0.5, 0.6) is 0 Å². The van der Waals surface area contributed by atoms with E-state index in [0.29, 0.717) is 38.7 Å². The van der Waals surface area contributed by atoms with Crippen molar-refractivity contribution in [1.82, 2.24) is 10.1 Å². The van der Waals surface area contributed by atoms with Gasteiger partial charge in [-0.25, -0.2) is 4.39 Å². The maximum Gasteiger partial charge on any atom is 0.173 e. The number of pyridine rings is 1. The van der Waals surface area contributed by atoms with E-state index in [-0.39, 0.29) is 5.82 Å². The lowest BCUT2D eigenvalue weighted by atomic mass is 9.95. The highest BCUT2D eigenvalue weighted by atomic mass is 35.5. The molecule has 0 saturated heterocycles. The molecule has 0 saturated carbocycles. The summed E-state index contributed by atoms with van der Waals surface area (Å²) in [5.41, 5.74) is 2.69. The van der Waals surface area contributed by atoms with Crippen LogP contribution in [-0.2, 0) is 0 Å². The summed E-state index contributed by atoms with van der Waals surface area (Å²) in [6, 6.07) is 16.5. The van der Waals surface area contributed by atoms with Gasteiger partial charge in [-0.1, -0.05) is 41.0 Å². The Hall–Kier alpha value is -3.02.